The predicted octanol–water partition coefficient (Wildman–Crippen LogP) is 5.93. The molecule has 174 valence electrons. The lowest BCUT2D eigenvalue weighted by molar-refractivity contribution is 0.102. The van der Waals surface area contributed by atoms with Crippen molar-refractivity contribution in [2.75, 3.05) is 19.5 Å². The number of thiazole rings is 1. The van der Waals surface area contributed by atoms with Gasteiger partial charge in [0.05, 0.1) is 25.5 Å². The molecule has 0 unspecified atom stereocenters. The zero-order chi connectivity index (χ0) is 24.2. The van der Waals surface area contributed by atoms with Gasteiger partial charge in [0.2, 0.25) is 0 Å². The molecule has 35 heavy (non-hydrogen) atoms. The summed E-state index contributed by atoms with van der Waals surface area (Å²) in [7, 11) is 3.18. The smallest absolute Gasteiger partial charge is 0.259 e. The molecule has 2 heterocycles. The summed E-state index contributed by atoms with van der Waals surface area (Å²) in [6.07, 6.45) is 3.50. The van der Waals surface area contributed by atoms with Gasteiger partial charge in [-0.1, -0.05) is 18.2 Å². The first-order valence-corrected chi connectivity index (χ1v) is 11.7. The first-order chi connectivity index (χ1) is 17.2. The highest BCUT2D eigenvalue weighted by Crippen LogP contribution is 2.35. The largest absolute Gasteiger partial charge is 0.497 e. The highest BCUT2D eigenvalue weighted by molar-refractivity contribution is 7.13. The number of carbonyl (C=O) groups excluding carboxylic acids is 1. The summed E-state index contributed by atoms with van der Waals surface area (Å²) >= 11 is 1.57. The van der Waals surface area contributed by atoms with Gasteiger partial charge >= 0.3 is 0 Å². The molecule has 0 atom stereocenters. The predicted molar refractivity (Wildman–Crippen MR) is 138 cm³/mol. The number of hydrogen-bond acceptors (Lipinski definition) is 6. The minimum absolute atomic E-state index is 0.283. The van der Waals surface area contributed by atoms with Gasteiger partial charge in [-0.15, -0.1) is 11.3 Å². The fraction of sp³-hybridized carbons (Fsp3) is 0.0741. The van der Waals surface area contributed by atoms with Crippen LogP contribution in [-0.2, 0) is 0 Å². The highest BCUT2D eigenvalue weighted by atomic mass is 32.1. The molecule has 3 aromatic carbocycles. The van der Waals surface area contributed by atoms with Crippen molar-refractivity contribution in [2.24, 2.45) is 0 Å². The zero-order valence-corrected chi connectivity index (χ0v) is 20.0. The van der Waals surface area contributed by atoms with Gasteiger partial charge in [0.15, 0.2) is 0 Å². The van der Waals surface area contributed by atoms with Crippen molar-refractivity contribution in [2.45, 2.75) is 0 Å². The van der Waals surface area contributed by atoms with Crippen molar-refractivity contribution in [3.8, 4) is 39.0 Å². The maximum Gasteiger partial charge on any atom is 0.259 e. The van der Waals surface area contributed by atoms with Gasteiger partial charge < -0.3 is 14.8 Å². The van der Waals surface area contributed by atoms with E-state index in [1.165, 1.54) is 0 Å². The molecule has 2 aromatic heterocycles. The second-order valence-electron chi connectivity index (χ2n) is 7.61. The Morgan fingerprint density at radius 3 is 2.46 bits per heavy atom. The van der Waals surface area contributed by atoms with Crippen molar-refractivity contribution in [3.63, 3.8) is 0 Å². The Balaban J connectivity index is 1.53. The van der Waals surface area contributed by atoms with E-state index >= 15 is 0 Å². The minimum Gasteiger partial charge on any atom is -0.497 e. The van der Waals surface area contributed by atoms with Crippen molar-refractivity contribution in [3.05, 3.63) is 96.1 Å². The van der Waals surface area contributed by atoms with E-state index < -0.39 is 0 Å². The van der Waals surface area contributed by atoms with Gasteiger partial charge in [-0.2, -0.15) is 5.10 Å². The monoisotopic (exact) mass is 482 g/mol. The van der Waals surface area contributed by atoms with Gasteiger partial charge in [0.1, 0.15) is 22.2 Å². The van der Waals surface area contributed by atoms with Crippen LogP contribution in [-0.4, -0.2) is 34.9 Å². The van der Waals surface area contributed by atoms with Crippen LogP contribution in [0.25, 0.3) is 27.5 Å². The van der Waals surface area contributed by atoms with Crippen LogP contribution in [0.3, 0.4) is 0 Å². The first-order valence-electron chi connectivity index (χ1n) is 10.8. The second kappa shape index (κ2) is 9.82. The molecular formula is C27H22N4O3S. The number of benzene rings is 3. The Morgan fingerprint density at radius 2 is 1.77 bits per heavy atom. The fourth-order valence-electron chi connectivity index (χ4n) is 3.71. The number of amides is 1. The molecule has 7 nitrogen and oxygen atoms in total. The maximum atomic E-state index is 13.5. The molecule has 0 aliphatic rings. The first kappa shape index (κ1) is 22.4. The molecule has 0 saturated heterocycles. The van der Waals surface area contributed by atoms with Gasteiger partial charge in [-0.25, -0.2) is 9.67 Å². The molecule has 0 fully saturated rings. The van der Waals surface area contributed by atoms with Crippen LogP contribution in [0.5, 0.6) is 11.5 Å². The van der Waals surface area contributed by atoms with E-state index in [0.29, 0.717) is 34.0 Å². The Hall–Kier alpha value is -4.43. The van der Waals surface area contributed by atoms with E-state index in [1.807, 2.05) is 66.0 Å². The molecule has 0 radical (unpaired) electrons. The number of para-hydroxylation sites is 1. The molecule has 1 N–H and O–H groups in total. The van der Waals surface area contributed by atoms with Crippen LogP contribution >= 0.6 is 11.3 Å². The van der Waals surface area contributed by atoms with Crippen LogP contribution in [0.15, 0.2) is 90.6 Å². The lowest BCUT2D eigenvalue weighted by Crippen LogP contribution is -2.12. The van der Waals surface area contributed by atoms with Crippen LogP contribution < -0.4 is 14.8 Å². The molecule has 0 bridgehead atoms. The Labute approximate surface area is 206 Å². The Morgan fingerprint density at radius 1 is 0.971 bits per heavy atom. The van der Waals surface area contributed by atoms with Crippen LogP contribution in [0.4, 0.5) is 5.69 Å². The van der Waals surface area contributed by atoms with E-state index in [0.717, 1.165) is 16.3 Å². The SMILES string of the molecule is COc1ccc(OC)c(-c2nn(-c3ccccc3)cc2C(=O)Nc2ccc(-c3nccs3)cc2)c1. The number of anilines is 1. The third-order valence-electron chi connectivity index (χ3n) is 5.46. The van der Waals surface area contributed by atoms with E-state index in [4.69, 9.17) is 14.6 Å². The van der Waals surface area contributed by atoms with Gasteiger partial charge in [0, 0.05) is 34.6 Å². The molecule has 8 heteroatoms. The van der Waals surface area contributed by atoms with E-state index in [9.17, 15) is 4.79 Å². The quantitative estimate of drug-likeness (QED) is 0.311. The summed E-state index contributed by atoms with van der Waals surface area (Å²) in [5.74, 6) is 0.944. The van der Waals surface area contributed by atoms with Crippen LogP contribution in [0.1, 0.15) is 10.4 Å². The summed E-state index contributed by atoms with van der Waals surface area (Å²) in [4.78, 5) is 17.8. The number of carbonyl (C=O) groups is 1. The van der Waals surface area contributed by atoms with Crippen molar-refractivity contribution >= 4 is 22.9 Å². The average molecular weight is 483 g/mol. The van der Waals surface area contributed by atoms with Gasteiger partial charge in [-0.3, -0.25) is 4.79 Å². The number of nitrogens with zero attached hydrogens (tertiary/aromatic N) is 3. The molecule has 0 aliphatic carbocycles. The van der Waals surface area contributed by atoms with Crippen molar-refractivity contribution in [1.82, 2.24) is 14.8 Å². The van der Waals surface area contributed by atoms with Crippen LogP contribution in [0.2, 0.25) is 0 Å². The van der Waals surface area contributed by atoms with Gasteiger partial charge in [-0.05, 0) is 54.6 Å². The zero-order valence-electron chi connectivity index (χ0n) is 19.1. The van der Waals surface area contributed by atoms with Crippen molar-refractivity contribution in [1.29, 1.82) is 0 Å². The maximum absolute atomic E-state index is 13.5. The third-order valence-corrected chi connectivity index (χ3v) is 6.29. The summed E-state index contributed by atoms with van der Waals surface area (Å²) < 4.78 is 12.7. The standard InChI is InChI=1S/C27H22N4O3S/c1-33-21-12-13-24(34-2)22(16-21)25-23(17-31(30-25)20-6-4-3-5-7-20)26(32)29-19-10-8-18(9-11-19)27-28-14-15-35-27/h3-17H,1-2H3,(H,29,32). The Kier molecular flexibility index (Phi) is 6.28. The lowest BCUT2D eigenvalue weighted by Gasteiger charge is -2.11. The topological polar surface area (TPSA) is 78.3 Å². The summed E-state index contributed by atoms with van der Waals surface area (Å²) in [6, 6.07) is 22.7. The number of ether oxygens (including phenoxy) is 2. The number of aromatic nitrogens is 3. The molecular weight excluding hydrogens is 460 g/mol. The molecule has 0 saturated carbocycles. The number of methoxy groups -OCH3 is 2. The summed E-state index contributed by atoms with van der Waals surface area (Å²) in [5, 5.41) is 10.6. The minimum atomic E-state index is -0.283. The van der Waals surface area contributed by atoms with E-state index in [2.05, 4.69) is 10.3 Å². The van der Waals surface area contributed by atoms with Crippen LogP contribution in [0, 0.1) is 0 Å². The van der Waals surface area contributed by atoms with Crippen molar-refractivity contribution < 1.29 is 14.3 Å². The summed E-state index contributed by atoms with van der Waals surface area (Å²) in [5.41, 5.74) is 4.06. The number of nitrogens with one attached hydrogen (secondary N) is 1. The molecule has 0 aliphatic heterocycles. The highest BCUT2D eigenvalue weighted by Gasteiger charge is 2.22. The number of rotatable bonds is 7. The number of hydrogen-bond donors (Lipinski definition) is 1. The molecule has 5 aromatic rings. The van der Waals surface area contributed by atoms with E-state index in [-0.39, 0.29) is 5.91 Å². The Bertz CT molecular complexity index is 1450. The lowest BCUT2D eigenvalue weighted by atomic mass is 10.1. The molecule has 1 amide bonds. The molecule has 5 rings (SSSR count). The molecule has 0 spiro atoms. The summed E-state index contributed by atoms with van der Waals surface area (Å²) in [6.45, 7) is 0. The fourth-order valence-corrected chi connectivity index (χ4v) is 4.36. The van der Waals surface area contributed by atoms with Gasteiger partial charge in [0.25, 0.3) is 5.91 Å². The average Bonchev–Trinajstić information content (AvgIpc) is 3.60. The second-order valence-corrected chi connectivity index (χ2v) is 8.50. The third kappa shape index (κ3) is 4.64. The normalized spacial score (nSPS) is 10.7. The van der Waals surface area contributed by atoms with E-state index in [1.54, 1.807) is 54.8 Å².